The van der Waals surface area contributed by atoms with E-state index < -0.39 is 36.8 Å². The van der Waals surface area contributed by atoms with E-state index in [1.165, 1.54) is 28.8 Å². The van der Waals surface area contributed by atoms with Crippen LogP contribution in [0.4, 0.5) is 36.4 Å². The highest BCUT2D eigenvalue weighted by Crippen LogP contribution is 2.31. The standard InChI is InChI=1S/C20H18F4N4O3.C2HF3O2/c21-17(22)13-2-1-3-14(26-13)19(29)25-12-8-16(31-20(23)24)18-27-15(10-28(18)9-12)11-4-6-30-7-5-11;3-2(4,5)1(6)7/h1-3,8-11,17,20H,4-7H2,(H,25,29);(H,6,7). The first-order valence-electron chi connectivity index (χ1n) is 10.8. The third-order valence-electron chi connectivity index (χ3n) is 5.12. The van der Waals surface area contributed by atoms with Crippen LogP contribution < -0.4 is 10.1 Å². The number of amides is 1. The van der Waals surface area contributed by atoms with Crippen molar-refractivity contribution in [1.82, 2.24) is 14.4 Å². The molecule has 0 aromatic carbocycles. The number of carboxylic acid groups (broad SMARTS) is 1. The van der Waals surface area contributed by atoms with Crippen LogP contribution in [-0.2, 0) is 9.53 Å². The molecule has 1 aliphatic heterocycles. The zero-order chi connectivity index (χ0) is 28.0. The van der Waals surface area contributed by atoms with Gasteiger partial charge < -0.3 is 24.3 Å². The van der Waals surface area contributed by atoms with Gasteiger partial charge in [-0.2, -0.15) is 22.0 Å². The number of pyridine rings is 2. The van der Waals surface area contributed by atoms with Gasteiger partial charge >= 0.3 is 18.8 Å². The Bertz CT molecular complexity index is 1280. The monoisotopic (exact) mass is 552 g/mol. The van der Waals surface area contributed by atoms with Gasteiger partial charge in [0.15, 0.2) is 11.4 Å². The topological polar surface area (TPSA) is 115 Å². The van der Waals surface area contributed by atoms with E-state index in [1.807, 2.05) is 0 Å². The number of aromatic nitrogens is 3. The number of alkyl halides is 7. The van der Waals surface area contributed by atoms with Crippen molar-refractivity contribution in [2.45, 2.75) is 38.0 Å². The first-order chi connectivity index (χ1) is 17.8. The third-order valence-corrected chi connectivity index (χ3v) is 5.12. The van der Waals surface area contributed by atoms with Crippen LogP contribution in [0.2, 0.25) is 0 Å². The van der Waals surface area contributed by atoms with Crippen LogP contribution in [-0.4, -0.2) is 57.4 Å². The Morgan fingerprint density at radius 1 is 1.11 bits per heavy atom. The average molecular weight is 552 g/mol. The Hall–Kier alpha value is -3.95. The lowest BCUT2D eigenvalue weighted by Gasteiger charge is -2.19. The number of imidazole rings is 1. The van der Waals surface area contributed by atoms with Crippen molar-refractivity contribution in [3.05, 3.63) is 53.7 Å². The van der Waals surface area contributed by atoms with Crippen LogP contribution in [0.15, 0.2) is 36.7 Å². The molecule has 0 aliphatic carbocycles. The highest BCUT2D eigenvalue weighted by atomic mass is 19.4. The van der Waals surface area contributed by atoms with Gasteiger partial charge in [0.2, 0.25) is 0 Å². The van der Waals surface area contributed by atoms with E-state index in [1.54, 1.807) is 6.20 Å². The molecule has 0 atom stereocenters. The fraction of sp³-hybridized carbons (Fsp3) is 0.364. The maximum atomic E-state index is 12.9. The second-order valence-electron chi connectivity index (χ2n) is 7.76. The normalized spacial score (nSPS) is 14.3. The number of hydrogen-bond acceptors (Lipinski definition) is 6. The quantitative estimate of drug-likeness (QED) is 0.412. The molecule has 2 N–H and O–H groups in total. The van der Waals surface area contributed by atoms with E-state index in [2.05, 4.69) is 20.0 Å². The summed E-state index contributed by atoms with van der Waals surface area (Å²) < 4.78 is 94.7. The average Bonchev–Trinajstić information content (AvgIpc) is 3.29. The van der Waals surface area contributed by atoms with Gasteiger partial charge in [-0.3, -0.25) is 4.79 Å². The number of anilines is 1. The summed E-state index contributed by atoms with van der Waals surface area (Å²) in [6.07, 6.45) is -3.23. The number of nitrogens with zero attached hydrogens (tertiary/aromatic N) is 3. The molecule has 16 heteroatoms. The van der Waals surface area contributed by atoms with Crippen LogP contribution in [0.1, 0.15) is 47.1 Å². The van der Waals surface area contributed by atoms with Gasteiger partial charge in [0.25, 0.3) is 12.3 Å². The lowest BCUT2D eigenvalue weighted by Crippen LogP contribution is -2.21. The Morgan fingerprint density at radius 2 is 1.76 bits per heavy atom. The summed E-state index contributed by atoms with van der Waals surface area (Å²) >= 11 is 0. The van der Waals surface area contributed by atoms with Crippen LogP contribution in [0.5, 0.6) is 5.75 Å². The maximum Gasteiger partial charge on any atom is 0.490 e. The number of nitrogens with one attached hydrogen (secondary N) is 1. The number of aliphatic carboxylic acids is 1. The molecule has 9 nitrogen and oxygen atoms in total. The number of carbonyl (C=O) groups excluding carboxylic acids is 1. The molecule has 0 spiro atoms. The second kappa shape index (κ2) is 12.1. The number of halogens is 7. The molecule has 3 aromatic rings. The summed E-state index contributed by atoms with van der Waals surface area (Å²) in [6, 6.07) is 4.87. The van der Waals surface area contributed by atoms with Crippen molar-refractivity contribution >= 4 is 23.2 Å². The van der Waals surface area contributed by atoms with Crippen LogP contribution in [0.3, 0.4) is 0 Å². The molecule has 0 radical (unpaired) electrons. The summed E-state index contributed by atoms with van der Waals surface area (Å²) in [6.45, 7) is -1.92. The van der Waals surface area contributed by atoms with Crippen LogP contribution in [0.25, 0.3) is 5.65 Å². The number of ether oxygens (including phenoxy) is 2. The second-order valence-corrected chi connectivity index (χ2v) is 7.76. The highest BCUT2D eigenvalue weighted by Gasteiger charge is 2.38. The SMILES string of the molecule is O=C(Nc1cc(OC(F)F)c2nc(C3CCOCC3)cn2c1)c1cccc(C(F)F)n1.O=C(O)C(F)(F)F. The van der Waals surface area contributed by atoms with Gasteiger partial charge in [-0.1, -0.05) is 6.07 Å². The molecule has 4 rings (SSSR count). The van der Waals surface area contributed by atoms with Gasteiger partial charge in [0.05, 0.1) is 11.4 Å². The maximum absolute atomic E-state index is 12.9. The van der Waals surface area contributed by atoms with E-state index in [0.717, 1.165) is 18.9 Å². The van der Waals surface area contributed by atoms with Crippen molar-refractivity contribution in [3.63, 3.8) is 0 Å². The zero-order valence-corrected chi connectivity index (χ0v) is 19.1. The molecule has 206 valence electrons. The molecular weight excluding hydrogens is 533 g/mol. The van der Waals surface area contributed by atoms with Crippen molar-refractivity contribution in [2.24, 2.45) is 0 Å². The summed E-state index contributed by atoms with van der Waals surface area (Å²) in [5.41, 5.74) is 0.228. The van der Waals surface area contributed by atoms with Crippen molar-refractivity contribution in [1.29, 1.82) is 0 Å². The van der Waals surface area contributed by atoms with Gasteiger partial charge in [-0.05, 0) is 25.0 Å². The Labute approximate surface area is 209 Å². The fourth-order valence-electron chi connectivity index (χ4n) is 3.42. The third kappa shape index (κ3) is 7.53. The largest absolute Gasteiger partial charge is 0.490 e. The molecule has 0 bridgehead atoms. The molecular formula is C22H19F7N4O5. The predicted octanol–water partition coefficient (Wildman–Crippen LogP) is 5.05. The van der Waals surface area contributed by atoms with E-state index in [0.29, 0.717) is 18.9 Å². The minimum absolute atomic E-state index is 0.118. The lowest BCUT2D eigenvalue weighted by atomic mass is 9.97. The van der Waals surface area contributed by atoms with Crippen molar-refractivity contribution in [2.75, 3.05) is 18.5 Å². The molecule has 3 aromatic heterocycles. The Balaban J connectivity index is 0.000000505. The fourth-order valence-corrected chi connectivity index (χ4v) is 3.42. The highest BCUT2D eigenvalue weighted by molar-refractivity contribution is 6.03. The van der Waals surface area contributed by atoms with Gasteiger partial charge in [0.1, 0.15) is 11.4 Å². The number of rotatable bonds is 6. The number of carboxylic acids is 1. The van der Waals surface area contributed by atoms with Gasteiger partial charge in [0, 0.05) is 37.6 Å². The lowest BCUT2D eigenvalue weighted by molar-refractivity contribution is -0.192. The molecule has 0 saturated carbocycles. The smallest absolute Gasteiger partial charge is 0.475 e. The molecule has 1 saturated heterocycles. The van der Waals surface area contributed by atoms with E-state index in [-0.39, 0.29) is 28.7 Å². The summed E-state index contributed by atoms with van der Waals surface area (Å²) in [5.74, 6) is -3.63. The Kier molecular flexibility index (Phi) is 9.08. The van der Waals surface area contributed by atoms with Crippen molar-refractivity contribution in [3.8, 4) is 5.75 Å². The number of carbonyl (C=O) groups is 2. The van der Waals surface area contributed by atoms with Crippen molar-refractivity contribution < 1.29 is 54.9 Å². The van der Waals surface area contributed by atoms with Gasteiger partial charge in [-0.15, -0.1) is 0 Å². The minimum atomic E-state index is -5.08. The van der Waals surface area contributed by atoms with Crippen LogP contribution >= 0.6 is 0 Å². The van der Waals surface area contributed by atoms with Crippen LogP contribution in [0, 0.1) is 0 Å². The first kappa shape index (κ1) is 28.6. The van der Waals surface area contributed by atoms with E-state index in [9.17, 15) is 35.5 Å². The zero-order valence-electron chi connectivity index (χ0n) is 19.1. The number of hydrogen-bond donors (Lipinski definition) is 2. The molecule has 1 amide bonds. The molecule has 38 heavy (non-hydrogen) atoms. The minimum Gasteiger partial charge on any atom is -0.475 e. The summed E-state index contributed by atoms with van der Waals surface area (Å²) in [5, 5.41) is 9.60. The summed E-state index contributed by atoms with van der Waals surface area (Å²) in [4.78, 5) is 29.4. The molecule has 1 aliphatic rings. The first-order valence-corrected chi connectivity index (χ1v) is 10.8. The molecule has 0 unspecified atom stereocenters. The van der Waals surface area contributed by atoms with Gasteiger partial charge in [-0.25, -0.2) is 23.5 Å². The molecule has 4 heterocycles. The molecule has 1 fully saturated rings. The van der Waals surface area contributed by atoms with E-state index >= 15 is 0 Å². The predicted molar refractivity (Wildman–Crippen MR) is 115 cm³/mol. The summed E-state index contributed by atoms with van der Waals surface area (Å²) in [7, 11) is 0. The Morgan fingerprint density at radius 3 is 2.34 bits per heavy atom. The van der Waals surface area contributed by atoms with E-state index in [4.69, 9.17) is 14.6 Å². The number of fused-ring (bicyclic) bond motifs is 1.